The molecule has 0 unspecified atom stereocenters. The topological polar surface area (TPSA) is 87.8 Å². The summed E-state index contributed by atoms with van der Waals surface area (Å²) in [7, 11) is 0. The lowest BCUT2D eigenvalue weighted by atomic mass is 10.1. The van der Waals surface area contributed by atoms with Crippen LogP contribution in [0, 0.1) is 32.1 Å². The fourth-order valence-electron chi connectivity index (χ4n) is 2.68. The Morgan fingerprint density at radius 2 is 1.78 bits per heavy atom. The quantitative estimate of drug-likeness (QED) is 0.576. The zero-order chi connectivity index (χ0) is 19.6. The summed E-state index contributed by atoms with van der Waals surface area (Å²) in [5.41, 5.74) is 5.28. The van der Waals surface area contributed by atoms with Gasteiger partial charge in [-0.05, 0) is 44.5 Å². The van der Waals surface area contributed by atoms with E-state index in [-0.39, 0.29) is 11.1 Å². The molecule has 1 amide bonds. The SMILES string of the molecule is Cc1ccc(/C=C(\C#N)C(=O)Nn2c(C)nc3ccc(C)cc3c2=O)cc1. The van der Waals surface area contributed by atoms with Gasteiger partial charge in [-0.1, -0.05) is 41.5 Å². The Balaban J connectivity index is 1.98. The van der Waals surface area contributed by atoms with Crippen molar-refractivity contribution >= 4 is 22.9 Å². The van der Waals surface area contributed by atoms with Gasteiger partial charge in [-0.3, -0.25) is 15.0 Å². The summed E-state index contributed by atoms with van der Waals surface area (Å²) in [5, 5.41) is 9.76. The number of benzene rings is 2. The molecule has 3 aromatic rings. The van der Waals surface area contributed by atoms with Crippen LogP contribution in [-0.2, 0) is 4.79 Å². The van der Waals surface area contributed by atoms with Crippen molar-refractivity contribution in [1.29, 1.82) is 5.26 Å². The van der Waals surface area contributed by atoms with Gasteiger partial charge in [0.15, 0.2) is 0 Å². The molecule has 0 bridgehead atoms. The van der Waals surface area contributed by atoms with Crippen LogP contribution in [-0.4, -0.2) is 15.6 Å². The number of hydrogen-bond acceptors (Lipinski definition) is 4. The van der Waals surface area contributed by atoms with E-state index >= 15 is 0 Å². The molecule has 0 saturated carbocycles. The number of carbonyl (C=O) groups excluding carboxylic acids is 1. The zero-order valence-corrected chi connectivity index (χ0v) is 15.3. The van der Waals surface area contributed by atoms with Crippen molar-refractivity contribution in [2.24, 2.45) is 0 Å². The largest absolute Gasteiger partial charge is 0.280 e. The fourth-order valence-corrected chi connectivity index (χ4v) is 2.68. The molecule has 134 valence electrons. The van der Waals surface area contributed by atoms with Crippen molar-refractivity contribution in [3.8, 4) is 6.07 Å². The van der Waals surface area contributed by atoms with Crippen LogP contribution in [0.2, 0.25) is 0 Å². The first-order valence-electron chi connectivity index (χ1n) is 8.39. The van der Waals surface area contributed by atoms with Crippen LogP contribution in [0.1, 0.15) is 22.5 Å². The monoisotopic (exact) mass is 358 g/mol. The standard InChI is InChI=1S/C21H18N4O2/c1-13-4-7-16(8-5-13)11-17(12-22)20(26)24-25-15(3)23-19-9-6-14(2)10-18(19)21(25)27/h4-11H,1-3H3,(H,24,26)/b17-11+. The molecule has 1 N–H and O–H groups in total. The summed E-state index contributed by atoms with van der Waals surface area (Å²) in [4.78, 5) is 29.6. The lowest BCUT2D eigenvalue weighted by Gasteiger charge is -2.12. The van der Waals surface area contributed by atoms with E-state index < -0.39 is 5.91 Å². The van der Waals surface area contributed by atoms with Crippen molar-refractivity contribution < 1.29 is 4.79 Å². The van der Waals surface area contributed by atoms with Crippen molar-refractivity contribution in [1.82, 2.24) is 9.66 Å². The van der Waals surface area contributed by atoms with Crippen LogP contribution >= 0.6 is 0 Å². The number of nitriles is 1. The molecule has 1 aromatic heterocycles. The molecule has 0 spiro atoms. The molecule has 27 heavy (non-hydrogen) atoms. The third kappa shape index (κ3) is 3.77. The van der Waals surface area contributed by atoms with Crippen LogP contribution in [0.15, 0.2) is 52.8 Å². The minimum absolute atomic E-state index is 0.102. The minimum Gasteiger partial charge on any atom is -0.267 e. The highest BCUT2D eigenvalue weighted by Gasteiger charge is 2.14. The summed E-state index contributed by atoms with van der Waals surface area (Å²) in [6, 6.07) is 14.7. The predicted octanol–water partition coefficient (Wildman–Crippen LogP) is 3.00. The molecular weight excluding hydrogens is 340 g/mol. The number of hydrogen-bond donors (Lipinski definition) is 1. The van der Waals surface area contributed by atoms with Crippen molar-refractivity contribution in [3.63, 3.8) is 0 Å². The van der Waals surface area contributed by atoms with Crippen LogP contribution in [0.5, 0.6) is 0 Å². The third-order valence-electron chi connectivity index (χ3n) is 4.16. The second kappa shape index (κ2) is 7.26. The average molecular weight is 358 g/mol. The van der Waals surface area contributed by atoms with Gasteiger partial charge in [0.05, 0.1) is 10.9 Å². The number of aryl methyl sites for hydroxylation is 3. The van der Waals surface area contributed by atoms with E-state index in [0.717, 1.165) is 21.4 Å². The molecule has 1 heterocycles. The molecule has 0 aliphatic carbocycles. The minimum atomic E-state index is -0.669. The number of fused-ring (bicyclic) bond motifs is 1. The molecule has 0 fully saturated rings. The highest BCUT2D eigenvalue weighted by molar-refractivity contribution is 6.06. The summed E-state index contributed by atoms with van der Waals surface area (Å²) < 4.78 is 1.07. The number of aromatic nitrogens is 2. The van der Waals surface area contributed by atoms with Crippen molar-refractivity contribution in [2.75, 3.05) is 5.43 Å². The van der Waals surface area contributed by atoms with Gasteiger partial charge in [0.2, 0.25) is 0 Å². The van der Waals surface area contributed by atoms with E-state index in [4.69, 9.17) is 0 Å². The first-order valence-corrected chi connectivity index (χ1v) is 8.39. The maximum Gasteiger partial charge on any atom is 0.280 e. The zero-order valence-electron chi connectivity index (χ0n) is 15.3. The molecule has 6 nitrogen and oxygen atoms in total. The normalized spacial score (nSPS) is 11.3. The number of amides is 1. The van der Waals surface area contributed by atoms with Gasteiger partial charge in [-0.25, -0.2) is 9.66 Å². The Kier molecular flexibility index (Phi) is 4.86. The van der Waals surface area contributed by atoms with E-state index in [1.807, 2.05) is 50.2 Å². The van der Waals surface area contributed by atoms with Gasteiger partial charge in [-0.15, -0.1) is 0 Å². The van der Waals surface area contributed by atoms with Gasteiger partial charge in [-0.2, -0.15) is 5.26 Å². The lowest BCUT2D eigenvalue weighted by molar-refractivity contribution is -0.113. The van der Waals surface area contributed by atoms with Gasteiger partial charge in [0.1, 0.15) is 17.5 Å². The molecule has 0 saturated heterocycles. The van der Waals surface area contributed by atoms with Crippen LogP contribution in [0.3, 0.4) is 0 Å². The van der Waals surface area contributed by atoms with Crippen LogP contribution < -0.4 is 11.0 Å². The number of carbonyl (C=O) groups is 1. The predicted molar refractivity (Wildman–Crippen MR) is 105 cm³/mol. The Labute approximate surface area is 156 Å². The lowest BCUT2D eigenvalue weighted by Crippen LogP contribution is -2.36. The van der Waals surface area contributed by atoms with Gasteiger partial charge < -0.3 is 0 Å². The number of nitrogens with one attached hydrogen (secondary N) is 1. The average Bonchev–Trinajstić information content (AvgIpc) is 2.65. The number of nitrogens with zero attached hydrogens (tertiary/aromatic N) is 3. The van der Waals surface area contributed by atoms with E-state index in [1.165, 1.54) is 6.08 Å². The molecule has 0 radical (unpaired) electrons. The van der Waals surface area contributed by atoms with Crippen molar-refractivity contribution in [3.05, 3.63) is 80.9 Å². The highest BCUT2D eigenvalue weighted by Crippen LogP contribution is 2.11. The van der Waals surface area contributed by atoms with Gasteiger partial charge in [0.25, 0.3) is 11.5 Å². The molecule has 2 aromatic carbocycles. The Bertz CT molecular complexity index is 1170. The first-order chi connectivity index (χ1) is 12.9. The third-order valence-corrected chi connectivity index (χ3v) is 4.16. The number of rotatable bonds is 3. The van der Waals surface area contributed by atoms with Gasteiger partial charge >= 0.3 is 0 Å². The van der Waals surface area contributed by atoms with E-state index in [2.05, 4.69) is 10.4 Å². The second-order valence-electron chi connectivity index (χ2n) is 6.34. The van der Waals surface area contributed by atoms with Gasteiger partial charge in [0, 0.05) is 0 Å². The summed E-state index contributed by atoms with van der Waals surface area (Å²) >= 11 is 0. The maximum absolute atomic E-state index is 12.7. The smallest absolute Gasteiger partial charge is 0.267 e. The molecule has 0 aliphatic rings. The second-order valence-corrected chi connectivity index (χ2v) is 6.34. The molecule has 3 rings (SSSR count). The Morgan fingerprint density at radius 3 is 2.44 bits per heavy atom. The molecule has 0 aliphatic heterocycles. The molecular formula is C21H18N4O2. The molecule has 0 atom stereocenters. The van der Waals surface area contributed by atoms with E-state index in [9.17, 15) is 14.9 Å². The Hall–Kier alpha value is -3.72. The summed E-state index contributed by atoms with van der Waals surface area (Å²) in [6.07, 6.45) is 1.48. The van der Waals surface area contributed by atoms with Crippen LogP contribution in [0.25, 0.3) is 17.0 Å². The highest BCUT2D eigenvalue weighted by atomic mass is 16.2. The van der Waals surface area contributed by atoms with E-state index in [1.54, 1.807) is 19.1 Å². The Morgan fingerprint density at radius 1 is 1.11 bits per heavy atom. The van der Waals surface area contributed by atoms with Crippen molar-refractivity contribution in [2.45, 2.75) is 20.8 Å². The van der Waals surface area contributed by atoms with E-state index in [0.29, 0.717) is 16.7 Å². The summed E-state index contributed by atoms with van der Waals surface area (Å²) in [6.45, 7) is 5.45. The maximum atomic E-state index is 12.7. The van der Waals surface area contributed by atoms with Crippen LogP contribution in [0.4, 0.5) is 0 Å². The first kappa shape index (κ1) is 18.1. The summed E-state index contributed by atoms with van der Waals surface area (Å²) in [5.74, 6) is -0.339. The fraction of sp³-hybridized carbons (Fsp3) is 0.143. The molecule has 6 heteroatoms.